The van der Waals surface area contributed by atoms with E-state index in [1.807, 2.05) is 41.5 Å². The van der Waals surface area contributed by atoms with E-state index in [0.717, 1.165) is 28.1 Å². The maximum absolute atomic E-state index is 12.1. The van der Waals surface area contributed by atoms with Crippen LogP contribution in [-0.4, -0.2) is 29.7 Å². The molecule has 1 aromatic rings. The van der Waals surface area contributed by atoms with Crippen molar-refractivity contribution in [3.63, 3.8) is 0 Å². The quantitative estimate of drug-likeness (QED) is 0.715. The van der Waals surface area contributed by atoms with Gasteiger partial charge in [-0.25, -0.2) is 4.79 Å². The van der Waals surface area contributed by atoms with E-state index in [2.05, 4.69) is 30.5 Å². The summed E-state index contributed by atoms with van der Waals surface area (Å²) in [6.07, 6.45) is -0.444. The summed E-state index contributed by atoms with van der Waals surface area (Å²) in [5.41, 5.74) is 2.69. The number of benzene rings is 1. The standard InChI is InChI=1S/C21H31N3O3/c1-11-9-13-12(2)21(8,10-23-18(25)27-19(3,4)5)26-16(13)14-15(11)24-17(22)20(14,6)7/h9,12H,10H2,1-8H3,(H2,22,24)(H,23,25). The van der Waals surface area contributed by atoms with Crippen LogP contribution in [0.3, 0.4) is 0 Å². The topological polar surface area (TPSA) is 83.4 Å². The second-order valence-corrected chi connectivity index (χ2v) is 9.48. The van der Waals surface area contributed by atoms with E-state index in [1.54, 1.807) is 0 Å². The van der Waals surface area contributed by atoms with Crippen molar-refractivity contribution in [1.29, 1.82) is 5.41 Å². The number of aryl methyl sites for hydroxylation is 1. The molecule has 2 aliphatic heterocycles. The second kappa shape index (κ2) is 5.88. The van der Waals surface area contributed by atoms with Gasteiger partial charge in [0.2, 0.25) is 0 Å². The number of ether oxygens (including phenoxy) is 2. The van der Waals surface area contributed by atoms with Crippen LogP contribution >= 0.6 is 0 Å². The van der Waals surface area contributed by atoms with Gasteiger partial charge in [-0.05, 0) is 60.1 Å². The molecule has 0 spiro atoms. The molecule has 1 aromatic carbocycles. The zero-order valence-corrected chi connectivity index (χ0v) is 17.6. The summed E-state index contributed by atoms with van der Waals surface area (Å²) < 4.78 is 11.8. The lowest BCUT2D eigenvalue weighted by atomic mass is 9.80. The summed E-state index contributed by atoms with van der Waals surface area (Å²) in [5.74, 6) is 1.42. The highest BCUT2D eigenvalue weighted by molar-refractivity contribution is 6.09. The van der Waals surface area contributed by atoms with Gasteiger partial charge in [0.1, 0.15) is 22.8 Å². The molecule has 0 radical (unpaired) electrons. The van der Waals surface area contributed by atoms with Crippen molar-refractivity contribution in [2.24, 2.45) is 0 Å². The minimum atomic E-state index is -0.582. The first-order valence-electron chi connectivity index (χ1n) is 9.46. The lowest BCUT2D eigenvalue weighted by Crippen LogP contribution is -2.47. The largest absolute Gasteiger partial charge is 0.484 e. The molecule has 2 unspecified atom stereocenters. The van der Waals surface area contributed by atoms with E-state index in [4.69, 9.17) is 14.9 Å². The van der Waals surface area contributed by atoms with E-state index in [9.17, 15) is 4.79 Å². The number of amides is 1. The van der Waals surface area contributed by atoms with Crippen molar-refractivity contribution < 1.29 is 14.3 Å². The molecule has 27 heavy (non-hydrogen) atoms. The molecule has 3 rings (SSSR count). The van der Waals surface area contributed by atoms with Crippen LogP contribution in [0.2, 0.25) is 0 Å². The number of rotatable bonds is 2. The number of carbonyl (C=O) groups is 1. The third-order valence-electron chi connectivity index (χ3n) is 5.71. The summed E-state index contributed by atoms with van der Waals surface area (Å²) in [7, 11) is 0. The number of carbonyl (C=O) groups excluding carboxylic acids is 1. The highest BCUT2D eigenvalue weighted by Crippen LogP contribution is 2.54. The lowest BCUT2D eigenvalue weighted by molar-refractivity contribution is 0.0418. The molecule has 1 amide bonds. The molecule has 0 saturated heterocycles. The molecule has 2 heterocycles. The van der Waals surface area contributed by atoms with Gasteiger partial charge in [-0.15, -0.1) is 0 Å². The Labute approximate surface area is 161 Å². The molecule has 2 aliphatic rings. The lowest BCUT2D eigenvalue weighted by Gasteiger charge is -2.30. The van der Waals surface area contributed by atoms with Gasteiger partial charge < -0.3 is 20.1 Å². The van der Waals surface area contributed by atoms with Crippen LogP contribution in [0.4, 0.5) is 10.5 Å². The average Bonchev–Trinajstić information content (AvgIpc) is 2.90. The molecule has 0 fully saturated rings. The van der Waals surface area contributed by atoms with Crippen LogP contribution in [0.1, 0.15) is 71.1 Å². The molecule has 0 aliphatic carbocycles. The molecule has 0 saturated carbocycles. The van der Waals surface area contributed by atoms with Gasteiger partial charge >= 0.3 is 6.09 Å². The Hall–Kier alpha value is -2.24. The number of hydrogen-bond donors (Lipinski definition) is 3. The number of amidine groups is 1. The van der Waals surface area contributed by atoms with Gasteiger partial charge in [-0.2, -0.15) is 0 Å². The molecule has 0 bridgehead atoms. The molecule has 148 valence electrons. The predicted molar refractivity (Wildman–Crippen MR) is 107 cm³/mol. The molecule has 6 heteroatoms. The van der Waals surface area contributed by atoms with Crippen molar-refractivity contribution in [2.45, 2.75) is 77.9 Å². The summed E-state index contributed by atoms with van der Waals surface area (Å²) >= 11 is 0. The van der Waals surface area contributed by atoms with Gasteiger partial charge in [-0.1, -0.05) is 6.92 Å². The van der Waals surface area contributed by atoms with Crippen molar-refractivity contribution in [3.05, 3.63) is 22.8 Å². The van der Waals surface area contributed by atoms with E-state index >= 15 is 0 Å². The fourth-order valence-corrected chi connectivity index (χ4v) is 3.82. The summed E-state index contributed by atoms with van der Waals surface area (Å²) in [6, 6.07) is 2.14. The summed E-state index contributed by atoms with van der Waals surface area (Å²) in [6.45, 7) is 16.1. The molecule has 2 atom stereocenters. The first-order valence-corrected chi connectivity index (χ1v) is 9.46. The van der Waals surface area contributed by atoms with Gasteiger partial charge in [0.15, 0.2) is 0 Å². The third-order valence-corrected chi connectivity index (χ3v) is 5.71. The van der Waals surface area contributed by atoms with E-state index in [1.165, 1.54) is 0 Å². The van der Waals surface area contributed by atoms with Crippen molar-refractivity contribution in [1.82, 2.24) is 5.32 Å². The van der Waals surface area contributed by atoms with Crippen LogP contribution in [-0.2, 0) is 10.2 Å². The highest BCUT2D eigenvalue weighted by atomic mass is 16.6. The molecule has 6 nitrogen and oxygen atoms in total. The summed E-state index contributed by atoms with van der Waals surface area (Å²) in [4.78, 5) is 12.1. The van der Waals surface area contributed by atoms with Crippen molar-refractivity contribution >= 4 is 17.6 Å². The van der Waals surface area contributed by atoms with Crippen LogP contribution in [0, 0.1) is 12.3 Å². The van der Waals surface area contributed by atoms with Crippen LogP contribution < -0.4 is 15.4 Å². The minimum absolute atomic E-state index is 0.0945. The number of anilines is 1. The Morgan fingerprint density at radius 1 is 1.37 bits per heavy atom. The van der Waals surface area contributed by atoms with Crippen molar-refractivity contribution in [3.8, 4) is 5.75 Å². The number of nitrogens with one attached hydrogen (secondary N) is 3. The normalized spacial score (nSPS) is 25.3. The molecular formula is C21H31N3O3. The third kappa shape index (κ3) is 3.15. The minimum Gasteiger partial charge on any atom is -0.484 e. The number of hydrogen-bond acceptors (Lipinski definition) is 4. The summed E-state index contributed by atoms with van der Waals surface area (Å²) in [5, 5.41) is 14.4. The van der Waals surface area contributed by atoms with Gasteiger partial charge in [0, 0.05) is 17.0 Å². The average molecular weight is 373 g/mol. The fraction of sp³-hybridized carbons (Fsp3) is 0.619. The van der Waals surface area contributed by atoms with Gasteiger partial charge in [0.05, 0.1) is 17.6 Å². The fourth-order valence-electron chi connectivity index (χ4n) is 3.82. The molecule has 3 N–H and O–H groups in total. The first kappa shape index (κ1) is 19.5. The Bertz CT molecular complexity index is 823. The van der Waals surface area contributed by atoms with E-state index in [-0.39, 0.29) is 5.92 Å². The maximum atomic E-state index is 12.1. The molecular weight excluding hydrogens is 342 g/mol. The Kier molecular flexibility index (Phi) is 4.25. The van der Waals surface area contributed by atoms with Crippen LogP contribution in [0.15, 0.2) is 6.07 Å². The van der Waals surface area contributed by atoms with Gasteiger partial charge in [-0.3, -0.25) is 5.41 Å². The highest BCUT2D eigenvalue weighted by Gasteiger charge is 2.49. The van der Waals surface area contributed by atoms with E-state index < -0.39 is 22.7 Å². The van der Waals surface area contributed by atoms with E-state index in [0.29, 0.717) is 12.4 Å². The van der Waals surface area contributed by atoms with Gasteiger partial charge in [0.25, 0.3) is 0 Å². The Morgan fingerprint density at radius 3 is 2.59 bits per heavy atom. The molecule has 0 aromatic heterocycles. The smallest absolute Gasteiger partial charge is 0.407 e. The predicted octanol–water partition coefficient (Wildman–Crippen LogP) is 4.45. The Balaban J connectivity index is 1.90. The van der Waals surface area contributed by atoms with Crippen molar-refractivity contribution in [2.75, 3.05) is 11.9 Å². The van der Waals surface area contributed by atoms with Crippen LogP contribution in [0.5, 0.6) is 5.75 Å². The first-order chi connectivity index (χ1) is 12.3. The zero-order valence-electron chi connectivity index (χ0n) is 17.6. The second-order valence-electron chi connectivity index (χ2n) is 9.48. The maximum Gasteiger partial charge on any atom is 0.407 e. The SMILES string of the molecule is Cc1cc2c(c3c1NC(=N)C3(C)C)OC(C)(CNC(=O)OC(C)(C)C)C2C. The Morgan fingerprint density at radius 2 is 2.00 bits per heavy atom. The zero-order chi connectivity index (χ0) is 20.4. The number of alkyl carbamates (subject to hydrolysis) is 1. The number of fused-ring (bicyclic) bond motifs is 3. The van der Waals surface area contributed by atoms with Crippen LogP contribution in [0.25, 0.3) is 0 Å². The monoisotopic (exact) mass is 373 g/mol.